The molecule has 4 aromatic rings. The molecule has 2 aromatic heterocycles. The molecule has 6 rings (SSSR count). The quantitative estimate of drug-likeness (QED) is 0.193. The maximum atomic E-state index is 11.5. The Morgan fingerprint density at radius 1 is 0.935 bits per heavy atom. The summed E-state index contributed by atoms with van der Waals surface area (Å²) in [5.41, 5.74) is 5.84. The molecule has 1 atom stereocenters. The normalized spacial score (nSPS) is 16.7. The third-order valence-corrected chi connectivity index (χ3v) is 9.24. The van der Waals surface area contributed by atoms with Gasteiger partial charge in [0, 0.05) is 85.5 Å². The van der Waals surface area contributed by atoms with Crippen molar-refractivity contribution in [3.63, 3.8) is 0 Å². The van der Waals surface area contributed by atoms with Crippen LogP contribution < -0.4 is 20.1 Å². The molecule has 46 heavy (non-hydrogen) atoms. The van der Waals surface area contributed by atoms with E-state index in [9.17, 15) is 9.90 Å². The number of aliphatic hydroxyl groups excluding tert-OH is 1. The smallest absolute Gasteiger partial charge is 0.237 e. The lowest BCUT2D eigenvalue weighted by molar-refractivity contribution is -0.119. The second-order valence-electron chi connectivity index (χ2n) is 11.6. The van der Waals surface area contributed by atoms with Gasteiger partial charge in [-0.25, -0.2) is 9.97 Å². The summed E-state index contributed by atoms with van der Waals surface area (Å²) in [4.78, 5) is 27.9. The van der Waals surface area contributed by atoms with Crippen LogP contribution in [0.2, 0.25) is 10.0 Å². The van der Waals surface area contributed by atoms with Crippen LogP contribution in [0.5, 0.6) is 11.8 Å². The van der Waals surface area contributed by atoms with Crippen molar-refractivity contribution in [3.8, 4) is 45.4 Å². The van der Waals surface area contributed by atoms with Gasteiger partial charge in [-0.1, -0.05) is 65.7 Å². The first kappa shape index (κ1) is 32.2. The number of methoxy groups -OCH3 is 2. The van der Waals surface area contributed by atoms with Gasteiger partial charge in [0.25, 0.3) is 0 Å². The van der Waals surface area contributed by atoms with E-state index in [0.29, 0.717) is 76.4 Å². The van der Waals surface area contributed by atoms with Gasteiger partial charge >= 0.3 is 0 Å². The lowest BCUT2D eigenvalue weighted by atomic mass is 9.98. The number of aliphatic hydroxyl groups is 1. The van der Waals surface area contributed by atoms with Crippen LogP contribution >= 0.6 is 23.2 Å². The summed E-state index contributed by atoms with van der Waals surface area (Å²) in [6.07, 6.45) is 3.06. The van der Waals surface area contributed by atoms with Gasteiger partial charge in [-0.2, -0.15) is 0 Å². The topological polar surface area (TPSA) is 122 Å². The number of hydrogen-bond acceptors (Lipinski definition) is 9. The Bertz CT molecular complexity index is 1730. The number of ether oxygens (including phenoxy) is 2. The molecular formula is C34H36Cl2N6O4. The molecule has 240 valence electrons. The third kappa shape index (κ3) is 6.82. The summed E-state index contributed by atoms with van der Waals surface area (Å²) in [5.74, 6) is 1.36. The Kier molecular flexibility index (Phi) is 10.0. The van der Waals surface area contributed by atoms with Gasteiger partial charge in [0.15, 0.2) is 0 Å². The first-order valence-electron chi connectivity index (χ1n) is 15.2. The Morgan fingerprint density at radius 2 is 1.59 bits per heavy atom. The maximum absolute atomic E-state index is 11.5. The molecule has 4 heterocycles. The largest absolute Gasteiger partial charge is 0.481 e. The van der Waals surface area contributed by atoms with Gasteiger partial charge in [0.05, 0.1) is 41.8 Å². The van der Waals surface area contributed by atoms with Crippen molar-refractivity contribution >= 4 is 29.1 Å². The van der Waals surface area contributed by atoms with E-state index in [1.165, 1.54) is 0 Å². The van der Waals surface area contributed by atoms with E-state index in [0.717, 1.165) is 41.8 Å². The first-order chi connectivity index (χ1) is 22.4. The van der Waals surface area contributed by atoms with Gasteiger partial charge in [-0.3, -0.25) is 14.7 Å². The molecule has 2 saturated heterocycles. The number of rotatable bonds is 12. The minimum absolute atomic E-state index is 0.0860. The van der Waals surface area contributed by atoms with Crippen molar-refractivity contribution in [2.45, 2.75) is 32.0 Å². The number of carbonyl (C=O) groups excluding carboxylic acids is 1. The van der Waals surface area contributed by atoms with Crippen LogP contribution in [-0.4, -0.2) is 77.4 Å². The van der Waals surface area contributed by atoms with Crippen molar-refractivity contribution in [2.24, 2.45) is 5.92 Å². The number of nitrogens with one attached hydrogen (secondary N) is 2. The first-order valence-corrected chi connectivity index (χ1v) is 16.0. The van der Waals surface area contributed by atoms with Gasteiger partial charge < -0.3 is 25.2 Å². The Hall–Kier alpha value is -3.80. The Labute approximate surface area is 278 Å². The number of carbonyl (C=O) groups is 1. The summed E-state index contributed by atoms with van der Waals surface area (Å²) in [6, 6.07) is 15.6. The van der Waals surface area contributed by atoms with Gasteiger partial charge in [0.1, 0.15) is 5.69 Å². The molecule has 0 spiro atoms. The molecule has 3 N–H and O–H groups in total. The monoisotopic (exact) mass is 662 g/mol. The van der Waals surface area contributed by atoms with E-state index < -0.39 is 0 Å². The Morgan fingerprint density at radius 3 is 2.22 bits per heavy atom. The van der Waals surface area contributed by atoms with Crippen LogP contribution in [0.15, 0.2) is 54.7 Å². The minimum atomic E-state index is 0.0860. The summed E-state index contributed by atoms with van der Waals surface area (Å²) < 4.78 is 11.2. The standard InChI is InChI=1S/C34H36Cl2N6O4/c1-45-33-21(18-42-16-20(17-42)19-43)9-11-27(40-33)25-7-3-5-23(31(25)35)24-6-4-8-26(32(24)36)28-15-38-29(34(41-28)46-2)14-37-13-22-10-12-30(44)39-22/h3-9,11,15,20,22,37,43H,10,12-14,16-19H2,1-2H3,(H,39,44)/t22-/m0/s1. The fourth-order valence-electron chi connectivity index (χ4n) is 5.96. The third-order valence-electron chi connectivity index (χ3n) is 8.43. The number of pyridine rings is 1. The highest BCUT2D eigenvalue weighted by Crippen LogP contribution is 2.42. The summed E-state index contributed by atoms with van der Waals surface area (Å²) in [7, 11) is 3.18. The van der Waals surface area contributed by atoms with Crippen LogP contribution in [0.1, 0.15) is 24.1 Å². The molecule has 0 saturated carbocycles. The highest BCUT2D eigenvalue weighted by molar-refractivity contribution is 6.39. The van der Waals surface area contributed by atoms with Crippen LogP contribution in [-0.2, 0) is 17.9 Å². The Balaban J connectivity index is 1.23. The van der Waals surface area contributed by atoms with Crippen LogP contribution in [0.4, 0.5) is 0 Å². The fraction of sp³-hybridized carbons (Fsp3) is 0.353. The zero-order valence-corrected chi connectivity index (χ0v) is 27.2. The zero-order chi connectivity index (χ0) is 32.2. The van der Waals surface area contributed by atoms with Crippen molar-refractivity contribution < 1.29 is 19.4 Å². The summed E-state index contributed by atoms with van der Waals surface area (Å²) in [5, 5.41) is 16.6. The lowest BCUT2D eigenvalue weighted by Crippen LogP contribution is -2.47. The second kappa shape index (κ2) is 14.3. The highest BCUT2D eigenvalue weighted by Gasteiger charge is 2.27. The molecule has 0 aliphatic carbocycles. The number of nitrogens with zero attached hydrogens (tertiary/aromatic N) is 4. The molecular weight excluding hydrogens is 627 g/mol. The van der Waals surface area contributed by atoms with Gasteiger partial charge in [-0.15, -0.1) is 0 Å². The number of halogens is 2. The molecule has 2 aliphatic rings. The van der Waals surface area contributed by atoms with E-state index in [4.69, 9.17) is 42.6 Å². The van der Waals surface area contributed by atoms with Gasteiger partial charge in [-0.05, 0) is 12.5 Å². The molecule has 2 fully saturated rings. The number of benzene rings is 2. The average molecular weight is 664 g/mol. The molecule has 0 radical (unpaired) electrons. The SMILES string of the molecule is COc1nc(-c2cccc(-c3cccc(-c4cnc(CNC[C@@H]5CCC(=O)N5)c(OC)n4)c3Cl)c2Cl)ccc1CN1CC(CO)C1. The molecule has 2 aliphatic heterocycles. The predicted octanol–water partition coefficient (Wildman–Crippen LogP) is 4.99. The molecule has 10 nitrogen and oxygen atoms in total. The van der Waals surface area contributed by atoms with E-state index in [-0.39, 0.29) is 18.6 Å². The molecule has 0 unspecified atom stereocenters. The average Bonchev–Trinajstić information content (AvgIpc) is 3.47. The number of likely N-dealkylation sites (tertiary alicyclic amines) is 1. The lowest BCUT2D eigenvalue weighted by Gasteiger charge is -2.38. The zero-order valence-electron chi connectivity index (χ0n) is 25.7. The molecule has 2 aromatic carbocycles. The number of hydrogen-bond donors (Lipinski definition) is 3. The maximum Gasteiger partial charge on any atom is 0.237 e. The van der Waals surface area contributed by atoms with E-state index in [2.05, 4.69) is 20.5 Å². The van der Waals surface area contributed by atoms with E-state index in [1.54, 1.807) is 20.4 Å². The van der Waals surface area contributed by atoms with Crippen molar-refractivity contribution in [1.29, 1.82) is 0 Å². The molecule has 0 bridgehead atoms. The van der Waals surface area contributed by atoms with Gasteiger partial charge in [0.2, 0.25) is 17.7 Å². The summed E-state index contributed by atoms with van der Waals surface area (Å²) >= 11 is 14.1. The second-order valence-corrected chi connectivity index (χ2v) is 12.3. The number of amides is 1. The minimum Gasteiger partial charge on any atom is -0.481 e. The van der Waals surface area contributed by atoms with E-state index in [1.807, 2.05) is 48.5 Å². The predicted molar refractivity (Wildman–Crippen MR) is 178 cm³/mol. The fourth-order valence-corrected chi connectivity index (χ4v) is 6.61. The van der Waals surface area contributed by atoms with Crippen LogP contribution in [0.25, 0.3) is 33.6 Å². The number of aromatic nitrogens is 3. The van der Waals surface area contributed by atoms with Crippen molar-refractivity contribution in [3.05, 3.63) is 76.0 Å². The van der Waals surface area contributed by atoms with Crippen LogP contribution in [0.3, 0.4) is 0 Å². The summed E-state index contributed by atoms with van der Waals surface area (Å²) in [6.45, 7) is 3.72. The van der Waals surface area contributed by atoms with Crippen LogP contribution in [0, 0.1) is 5.92 Å². The molecule has 1 amide bonds. The van der Waals surface area contributed by atoms with Crippen molar-refractivity contribution in [2.75, 3.05) is 40.5 Å². The molecule has 12 heteroatoms. The van der Waals surface area contributed by atoms with E-state index >= 15 is 0 Å². The van der Waals surface area contributed by atoms with Crippen molar-refractivity contribution in [1.82, 2.24) is 30.5 Å². The highest BCUT2D eigenvalue weighted by atomic mass is 35.5.